The van der Waals surface area contributed by atoms with Gasteiger partial charge in [-0.15, -0.1) is 0 Å². The number of nitrogens with zero attached hydrogens (tertiary/aromatic N) is 3. The first-order valence-electron chi connectivity index (χ1n) is 13.3. The van der Waals surface area contributed by atoms with Crippen molar-refractivity contribution in [1.29, 1.82) is 0 Å². The summed E-state index contributed by atoms with van der Waals surface area (Å²) in [5, 5.41) is 5.52. The summed E-state index contributed by atoms with van der Waals surface area (Å²) >= 11 is 0. The third-order valence-electron chi connectivity index (χ3n) is 7.51. The predicted molar refractivity (Wildman–Crippen MR) is 149 cm³/mol. The number of rotatable bonds is 8. The van der Waals surface area contributed by atoms with Gasteiger partial charge in [-0.05, 0) is 73.1 Å². The molecular formula is C29H36FN5O3. The van der Waals surface area contributed by atoms with Crippen LogP contribution >= 0.6 is 0 Å². The van der Waals surface area contributed by atoms with Crippen molar-refractivity contribution in [2.45, 2.75) is 38.7 Å². The zero-order valence-corrected chi connectivity index (χ0v) is 22.3. The highest BCUT2D eigenvalue weighted by Gasteiger charge is 2.42. The number of pyridine rings is 1. The van der Waals surface area contributed by atoms with Gasteiger partial charge < -0.3 is 25.0 Å². The van der Waals surface area contributed by atoms with Crippen LogP contribution in [0.5, 0.6) is 0 Å². The molecule has 8 nitrogen and oxygen atoms in total. The summed E-state index contributed by atoms with van der Waals surface area (Å²) in [7, 11) is 1.70. The van der Waals surface area contributed by atoms with E-state index in [1.54, 1.807) is 13.2 Å². The molecule has 38 heavy (non-hydrogen) atoms. The van der Waals surface area contributed by atoms with E-state index in [-0.39, 0.29) is 11.3 Å². The average Bonchev–Trinajstić information content (AvgIpc) is 3.70. The minimum absolute atomic E-state index is 0.108. The number of urea groups is 1. The highest BCUT2D eigenvalue weighted by molar-refractivity contribution is 6.10. The van der Waals surface area contributed by atoms with Gasteiger partial charge in [-0.3, -0.25) is 4.99 Å². The number of benzene rings is 1. The third kappa shape index (κ3) is 6.05. The molecule has 1 saturated carbocycles. The van der Waals surface area contributed by atoms with E-state index >= 15 is 0 Å². The number of halogens is 1. The predicted octanol–water partition coefficient (Wildman–Crippen LogP) is 4.83. The molecule has 1 unspecified atom stereocenters. The Bertz CT molecular complexity index is 1250. The van der Waals surface area contributed by atoms with Crippen molar-refractivity contribution in [2.24, 2.45) is 10.9 Å². The number of nitrogens with one attached hydrogen (secondary N) is 2. The van der Waals surface area contributed by atoms with Crippen LogP contribution in [0.3, 0.4) is 0 Å². The zero-order valence-electron chi connectivity index (χ0n) is 22.3. The summed E-state index contributed by atoms with van der Waals surface area (Å²) in [5.74, 6) is 0.694. The van der Waals surface area contributed by atoms with Crippen LogP contribution in [0.4, 0.5) is 20.7 Å². The molecule has 9 heteroatoms. The molecule has 2 aliphatic heterocycles. The summed E-state index contributed by atoms with van der Waals surface area (Å²) in [5.41, 5.74) is 4.33. The maximum atomic E-state index is 14.9. The van der Waals surface area contributed by atoms with E-state index in [4.69, 9.17) is 14.5 Å². The van der Waals surface area contributed by atoms with Crippen molar-refractivity contribution in [3.8, 4) is 11.1 Å². The van der Waals surface area contributed by atoms with Gasteiger partial charge in [0.2, 0.25) is 0 Å². The number of carbonyl (C=O) groups excluding carboxylic acids is 1. The van der Waals surface area contributed by atoms with Gasteiger partial charge in [0.05, 0.1) is 30.2 Å². The smallest absolute Gasteiger partial charge is 0.319 e. The van der Waals surface area contributed by atoms with Crippen LogP contribution in [0.15, 0.2) is 35.3 Å². The van der Waals surface area contributed by atoms with Crippen LogP contribution in [-0.4, -0.2) is 69.3 Å². The molecule has 5 rings (SSSR count). The second kappa shape index (κ2) is 11.2. The fourth-order valence-electron chi connectivity index (χ4n) is 4.99. The van der Waals surface area contributed by atoms with Gasteiger partial charge in [-0.1, -0.05) is 13.0 Å². The van der Waals surface area contributed by atoms with Gasteiger partial charge in [0.15, 0.2) is 0 Å². The molecule has 0 spiro atoms. The standard InChI is InChI=1S/C29H36FN5O3/c1-19-12-22(18-31-17-19)25-14-21(15-27(33-25)35-8-10-38-11-9-35)23-16-26(24(30)13-20(23)2)34-28(36)32-7-6-29(37-3)4-5-29/h12-16,18-19H,4-11,17H2,1-3H3,(H2,32,34,36). The fourth-order valence-corrected chi connectivity index (χ4v) is 4.99. The van der Waals surface area contributed by atoms with Crippen LogP contribution in [0.1, 0.15) is 37.4 Å². The van der Waals surface area contributed by atoms with Crippen molar-refractivity contribution >= 4 is 29.3 Å². The molecule has 2 fully saturated rings. The number of ether oxygens (including phenoxy) is 2. The summed E-state index contributed by atoms with van der Waals surface area (Å²) in [6.45, 7) is 8.03. The van der Waals surface area contributed by atoms with Crippen molar-refractivity contribution in [3.63, 3.8) is 0 Å². The first-order valence-corrected chi connectivity index (χ1v) is 13.3. The van der Waals surface area contributed by atoms with Gasteiger partial charge in [-0.25, -0.2) is 14.2 Å². The number of hydrogen-bond donors (Lipinski definition) is 2. The minimum atomic E-state index is -0.476. The Balaban J connectivity index is 1.43. The quantitative estimate of drug-likeness (QED) is 0.520. The molecule has 1 aromatic heterocycles. The lowest BCUT2D eigenvalue weighted by molar-refractivity contribution is 0.0736. The van der Waals surface area contributed by atoms with Gasteiger partial charge in [-0.2, -0.15) is 0 Å². The Kier molecular flexibility index (Phi) is 7.76. The molecule has 2 amide bonds. The van der Waals surface area contributed by atoms with E-state index in [0.29, 0.717) is 25.7 Å². The molecule has 2 aromatic rings. The number of aromatic nitrogens is 1. The van der Waals surface area contributed by atoms with Crippen LogP contribution in [-0.2, 0) is 9.47 Å². The Labute approximate surface area is 223 Å². The highest BCUT2D eigenvalue weighted by atomic mass is 19.1. The maximum absolute atomic E-state index is 14.9. The Morgan fingerprint density at radius 3 is 2.74 bits per heavy atom. The Hall–Kier alpha value is -3.30. The summed E-state index contributed by atoms with van der Waals surface area (Å²) in [6.07, 6.45) is 6.81. The van der Waals surface area contributed by atoms with Gasteiger partial charge >= 0.3 is 6.03 Å². The molecular weight excluding hydrogens is 485 g/mol. The van der Waals surface area contributed by atoms with E-state index < -0.39 is 11.8 Å². The number of morpholine rings is 1. The van der Waals surface area contributed by atoms with Crippen molar-refractivity contribution in [3.05, 3.63) is 47.4 Å². The third-order valence-corrected chi connectivity index (χ3v) is 7.51. The molecule has 1 saturated heterocycles. The highest BCUT2D eigenvalue weighted by Crippen LogP contribution is 2.41. The second-order valence-electron chi connectivity index (χ2n) is 10.5. The number of hydrogen-bond acceptors (Lipinski definition) is 6. The van der Waals surface area contributed by atoms with Crippen LogP contribution in [0, 0.1) is 18.7 Å². The normalized spacial score (nSPS) is 20.2. The fraction of sp³-hybridized carbons (Fsp3) is 0.483. The van der Waals surface area contributed by atoms with Crippen LogP contribution in [0.25, 0.3) is 16.7 Å². The number of carbonyl (C=O) groups is 1. The van der Waals surface area contributed by atoms with E-state index in [2.05, 4.69) is 33.5 Å². The van der Waals surface area contributed by atoms with Crippen LogP contribution in [0.2, 0.25) is 0 Å². The van der Waals surface area contributed by atoms with Crippen molar-refractivity contribution in [2.75, 3.05) is 56.7 Å². The summed E-state index contributed by atoms with van der Waals surface area (Å²) in [4.78, 5) is 24.2. The van der Waals surface area contributed by atoms with Crippen molar-refractivity contribution < 1.29 is 18.7 Å². The average molecular weight is 522 g/mol. The molecule has 3 heterocycles. The number of amides is 2. The molecule has 0 radical (unpaired) electrons. The summed E-state index contributed by atoms with van der Waals surface area (Å²) in [6, 6.07) is 6.78. The number of aryl methyl sites for hydroxylation is 1. The van der Waals surface area contributed by atoms with Gasteiger partial charge in [0, 0.05) is 45.1 Å². The number of allylic oxidation sites excluding steroid dienone is 1. The lowest BCUT2D eigenvalue weighted by Gasteiger charge is -2.29. The SMILES string of the molecule is COC1(CCNC(=O)Nc2cc(-c3cc(C4=CC(C)CN=C4)nc(N4CCOCC4)c3)c(C)cc2F)CC1. The Morgan fingerprint density at radius 2 is 2.03 bits per heavy atom. The number of dihydropyridines is 1. The molecule has 1 aliphatic carbocycles. The molecule has 0 bridgehead atoms. The molecule has 1 aromatic carbocycles. The number of aliphatic imine (C=N–C) groups is 1. The number of methoxy groups -OCH3 is 1. The van der Waals surface area contributed by atoms with E-state index in [0.717, 1.165) is 72.7 Å². The molecule has 3 aliphatic rings. The van der Waals surface area contributed by atoms with E-state index in [9.17, 15) is 9.18 Å². The largest absolute Gasteiger partial charge is 0.378 e. The monoisotopic (exact) mass is 521 g/mol. The number of anilines is 2. The van der Waals surface area contributed by atoms with Crippen molar-refractivity contribution in [1.82, 2.24) is 10.3 Å². The summed E-state index contributed by atoms with van der Waals surface area (Å²) < 4.78 is 26.0. The lowest BCUT2D eigenvalue weighted by Crippen LogP contribution is -2.36. The van der Waals surface area contributed by atoms with E-state index in [1.165, 1.54) is 6.07 Å². The second-order valence-corrected chi connectivity index (χ2v) is 10.5. The lowest BCUT2D eigenvalue weighted by atomic mass is 9.96. The first kappa shape index (κ1) is 26.3. The van der Waals surface area contributed by atoms with E-state index in [1.807, 2.05) is 25.3 Å². The maximum Gasteiger partial charge on any atom is 0.319 e. The first-order chi connectivity index (χ1) is 18.4. The van der Waals surface area contributed by atoms with Gasteiger partial charge in [0.1, 0.15) is 11.6 Å². The zero-order chi connectivity index (χ0) is 26.7. The minimum Gasteiger partial charge on any atom is -0.378 e. The van der Waals surface area contributed by atoms with Gasteiger partial charge in [0.25, 0.3) is 0 Å². The topological polar surface area (TPSA) is 88.1 Å². The molecule has 2 N–H and O–H groups in total. The Morgan fingerprint density at radius 1 is 1.24 bits per heavy atom. The van der Waals surface area contributed by atoms with Crippen LogP contribution < -0.4 is 15.5 Å². The molecule has 202 valence electrons. The molecule has 1 atom stereocenters.